The predicted molar refractivity (Wildman–Crippen MR) is 116 cm³/mol. The van der Waals surface area contributed by atoms with Gasteiger partial charge in [0, 0.05) is 0 Å². The molecule has 0 aromatic heterocycles. The van der Waals surface area contributed by atoms with Gasteiger partial charge in [0.25, 0.3) is 0 Å². The fourth-order valence-corrected chi connectivity index (χ4v) is 9.59. The third-order valence-electron chi connectivity index (χ3n) is 3.53. The first-order chi connectivity index (χ1) is 13.1. The summed E-state index contributed by atoms with van der Waals surface area (Å²) < 4.78 is 43.5. The Balaban J connectivity index is 2.23. The van der Waals surface area contributed by atoms with Gasteiger partial charge in [0.05, 0.1) is 0 Å². The Labute approximate surface area is 170 Å². The minimum absolute atomic E-state index is 0.0505. The first kappa shape index (κ1) is 22.1. The molecule has 0 fully saturated rings. The van der Waals surface area contributed by atoms with Crippen LogP contribution < -0.4 is 4.74 Å². The third-order valence-corrected chi connectivity index (χ3v) is 11.0. The molecule has 0 spiro atoms. The molecule has 0 atom stereocenters. The van der Waals surface area contributed by atoms with Gasteiger partial charge in [-0.1, -0.05) is 0 Å². The zero-order chi connectivity index (χ0) is 19.5. The molecule has 0 unspecified atom stereocenters. The quantitative estimate of drug-likeness (QED) is 0.308. The van der Waals surface area contributed by atoms with Gasteiger partial charge in [-0.15, -0.1) is 0 Å². The Morgan fingerprint density at radius 3 is 2.37 bits per heavy atom. The summed E-state index contributed by atoms with van der Waals surface area (Å²) in [5, 5.41) is 0. The molecule has 2 rings (SSSR count). The molecule has 0 N–H and O–H groups in total. The van der Waals surface area contributed by atoms with Crippen molar-refractivity contribution in [2.75, 3.05) is 25.6 Å². The van der Waals surface area contributed by atoms with Gasteiger partial charge in [-0.25, -0.2) is 0 Å². The Bertz CT molecular complexity index is 780. The number of benzene rings is 2. The topological polar surface area (TPSA) is 61.8 Å². The second kappa shape index (κ2) is 11.6. The average Bonchev–Trinajstić information content (AvgIpc) is 2.69. The summed E-state index contributed by atoms with van der Waals surface area (Å²) in [6.45, 7) is 5.52. The Hall–Kier alpha value is -1.16. The van der Waals surface area contributed by atoms with E-state index < -0.39 is 30.4 Å². The first-order valence-corrected chi connectivity index (χ1v) is 13.7. The SMILES string of the molecule is CCCCS(=O)(=O)OI(c1ccccc1)c1cccc(OCCOCC)c1. The maximum absolute atomic E-state index is 12.4. The molecule has 27 heavy (non-hydrogen) atoms. The number of halogens is 1. The van der Waals surface area contributed by atoms with Crippen LogP contribution in [0.2, 0.25) is 0 Å². The average molecular weight is 506 g/mol. The van der Waals surface area contributed by atoms with Crippen LogP contribution in [0, 0.1) is 7.14 Å². The van der Waals surface area contributed by atoms with E-state index in [4.69, 9.17) is 12.0 Å². The van der Waals surface area contributed by atoms with Crippen LogP contribution in [0.4, 0.5) is 0 Å². The molecule has 5 nitrogen and oxygen atoms in total. The molecule has 0 amide bonds. The Kier molecular flexibility index (Phi) is 9.53. The van der Waals surface area contributed by atoms with Gasteiger partial charge in [-0.3, -0.25) is 0 Å². The van der Waals surface area contributed by atoms with Crippen molar-refractivity contribution in [1.29, 1.82) is 0 Å². The van der Waals surface area contributed by atoms with Crippen LogP contribution in [0.15, 0.2) is 54.6 Å². The van der Waals surface area contributed by atoms with Crippen molar-refractivity contribution >= 4 is 30.4 Å². The molecule has 0 saturated heterocycles. The van der Waals surface area contributed by atoms with Crippen LogP contribution in [-0.4, -0.2) is 34.0 Å². The zero-order valence-corrected chi connectivity index (χ0v) is 18.7. The van der Waals surface area contributed by atoms with Gasteiger partial charge in [0.2, 0.25) is 0 Å². The van der Waals surface area contributed by atoms with Crippen molar-refractivity contribution in [3.05, 3.63) is 61.7 Å². The third kappa shape index (κ3) is 7.77. The molecule has 0 saturated carbocycles. The van der Waals surface area contributed by atoms with E-state index in [1.165, 1.54) is 0 Å². The number of hydrogen-bond acceptors (Lipinski definition) is 5. The second-order valence-corrected chi connectivity index (χ2v) is 12.4. The molecule has 0 aliphatic heterocycles. The normalized spacial score (nSPS) is 12.0. The Morgan fingerprint density at radius 1 is 0.926 bits per heavy atom. The van der Waals surface area contributed by atoms with Crippen molar-refractivity contribution in [1.82, 2.24) is 0 Å². The fourth-order valence-electron chi connectivity index (χ4n) is 2.20. The molecular formula is C20H27IO5S. The molecule has 0 bridgehead atoms. The molecule has 0 heterocycles. The van der Waals surface area contributed by atoms with E-state index in [9.17, 15) is 8.42 Å². The van der Waals surface area contributed by atoms with Crippen molar-refractivity contribution < 1.29 is 20.4 Å². The van der Waals surface area contributed by atoms with Gasteiger partial charge in [0.1, 0.15) is 0 Å². The van der Waals surface area contributed by atoms with E-state index in [-0.39, 0.29) is 5.75 Å². The van der Waals surface area contributed by atoms with E-state index in [0.717, 1.165) is 13.6 Å². The summed E-state index contributed by atoms with van der Waals surface area (Å²) in [4.78, 5) is 0. The van der Waals surface area contributed by atoms with Crippen molar-refractivity contribution in [3.63, 3.8) is 0 Å². The Morgan fingerprint density at radius 2 is 1.67 bits per heavy atom. The summed E-state index contributed by atoms with van der Waals surface area (Å²) in [6, 6.07) is 17.1. The van der Waals surface area contributed by atoms with E-state index in [1.807, 2.05) is 68.4 Å². The summed E-state index contributed by atoms with van der Waals surface area (Å²) in [5.41, 5.74) is 0. The summed E-state index contributed by atoms with van der Waals surface area (Å²) in [5.74, 6) is 0.745. The van der Waals surface area contributed by atoms with E-state index in [2.05, 4.69) is 0 Å². The van der Waals surface area contributed by atoms with Crippen LogP contribution in [0.3, 0.4) is 0 Å². The molecular weight excluding hydrogens is 479 g/mol. The van der Waals surface area contributed by atoms with Crippen molar-refractivity contribution in [2.45, 2.75) is 26.7 Å². The van der Waals surface area contributed by atoms with Crippen LogP contribution in [0.1, 0.15) is 26.7 Å². The molecule has 0 radical (unpaired) electrons. The van der Waals surface area contributed by atoms with Crippen LogP contribution >= 0.6 is 20.2 Å². The van der Waals surface area contributed by atoms with Crippen LogP contribution in [0.5, 0.6) is 5.75 Å². The number of unbranched alkanes of at least 4 members (excludes halogenated alkanes) is 1. The zero-order valence-electron chi connectivity index (χ0n) is 15.8. The van der Waals surface area contributed by atoms with Crippen molar-refractivity contribution in [3.8, 4) is 5.75 Å². The second-order valence-electron chi connectivity index (χ2n) is 5.73. The molecule has 2 aromatic carbocycles. The summed E-state index contributed by atoms with van der Waals surface area (Å²) in [7, 11) is -3.57. The number of hydrogen-bond donors (Lipinski definition) is 0. The first-order valence-electron chi connectivity index (χ1n) is 9.04. The molecule has 0 aliphatic rings. The fraction of sp³-hybridized carbons (Fsp3) is 0.400. The maximum atomic E-state index is 12.4. The van der Waals surface area contributed by atoms with Crippen LogP contribution in [-0.2, 0) is 17.4 Å². The van der Waals surface area contributed by atoms with Crippen molar-refractivity contribution in [2.24, 2.45) is 0 Å². The molecule has 7 heteroatoms. The monoisotopic (exact) mass is 506 g/mol. The van der Waals surface area contributed by atoms with Gasteiger partial charge in [-0.05, 0) is 0 Å². The molecule has 2 aromatic rings. The number of ether oxygens (including phenoxy) is 2. The number of rotatable bonds is 12. The van der Waals surface area contributed by atoms with E-state index >= 15 is 0 Å². The summed E-state index contributed by atoms with van der Waals surface area (Å²) >= 11 is -2.61. The van der Waals surface area contributed by atoms with Gasteiger partial charge >= 0.3 is 171 Å². The van der Waals surface area contributed by atoms with E-state index in [0.29, 0.717) is 32.0 Å². The minimum atomic E-state index is -3.57. The van der Waals surface area contributed by atoms with Gasteiger partial charge < -0.3 is 0 Å². The molecule has 150 valence electrons. The van der Waals surface area contributed by atoms with Gasteiger partial charge in [-0.2, -0.15) is 0 Å². The van der Waals surface area contributed by atoms with Crippen LogP contribution in [0.25, 0.3) is 0 Å². The molecule has 0 aliphatic carbocycles. The summed E-state index contributed by atoms with van der Waals surface area (Å²) in [6.07, 6.45) is 1.41. The standard InChI is InChI=1S/C20H27IO5S/c1-3-5-16-27(22,23)26-21(18-10-7-6-8-11-18)19-12-9-13-20(17-19)25-15-14-24-4-2/h6-13,17H,3-5,14-16H2,1-2H3. The predicted octanol–water partition coefficient (Wildman–Crippen LogP) is 4.71. The van der Waals surface area contributed by atoms with Gasteiger partial charge in [0.15, 0.2) is 0 Å². The van der Waals surface area contributed by atoms with E-state index in [1.54, 1.807) is 0 Å².